The van der Waals surface area contributed by atoms with E-state index in [4.69, 9.17) is 14.2 Å². The molecule has 0 spiro atoms. The first-order valence-corrected chi connectivity index (χ1v) is 8.29. The van der Waals surface area contributed by atoms with E-state index in [-0.39, 0.29) is 5.91 Å². The molecule has 2 aromatic rings. The molecule has 0 radical (unpaired) electrons. The summed E-state index contributed by atoms with van der Waals surface area (Å²) in [4.78, 5) is 12.4. The van der Waals surface area contributed by atoms with E-state index < -0.39 is 6.10 Å². The van der Waals surface area contributed by atoms with E-state index in [1.54, 1.807) is 14.2 Å². The molecule has 2 aromatic carbocycles. The number of ether oxygens (including phenoxy) is 3. The highest BCUT2D eigenvalue weighted by molar-refractivity contribution is 5.81. The summed E-state index contributed by atoms with van der Waals surface area (Å²) in [5, 5.41) is 2.91. The summed E-state index contributed by atoms with van der Waals surface area (Å²) in [6.45, 7) is 4.33. The Balaban J connectivity index is 1.96. The number of hydrogen-bond acceptors (Lipinski definition) is 4. The van der Waals surface area contributed by atoms with Crippen molar-refractivity contribution in [3.8, 4) is 17.2 Å². The Morgan fingerprint density at radius 3 is 2.32 bits per heavy atom. The summed E-state index contributed by atoms with van der Waals surface area (Å²) >= 11 is 0. The number of methoxy groups -OCH3 is 2. The molecule has 5 nitrogen and oxygen atoms in total. The molecule has 0 saturated heterocycles. The average molecular weight is 343 g/mol. The van der Waals surface area contributed by atoms with Crippen molar-refractivity contribution < 1.29 is 19.0 Å². The summed E-state index contributed by atoms with van der Waals surface area (Å²) in [5.74, 6) is 1.85. The zero-order valence-electron chi connectivity index (χ0n) is 15.2. The molecule has 0 aromatic heterocycles. The Kier molecular flexibility index (Phi) is 6.69. The fourth-order valence-electron chi connectivity index (χ4n) is 2.40. The first-order valence-electron chi connectivity index (χ1n) is 8.29. The van der Waals surface area contributed by atoms with Crippen molar-refractivity contribution in [3.63, 3.8) is 0 Å². The van der Waals surface area contributed by atoms with Crippen LogP contribution in [0.5, 0.6) is 17.2 Å². The molecule has 0 aliphatic rings. The largest absolute Gasteiger partial charge is 0.493 e. The van der Waals surface area contributed by atoms with Crippen LogP contribution in [0.2, 0.25) is 0 Å². The molecule has 0 saturated carbocycles. The number of carbonyl (C=O) groups excluding carboxylic acids is 1. The Morgan fingerprint density at radius 2 is 1.72 bits per heavy atom. The highest BCUT2D eigenvalue weighted by atomic mass is 16.5. The fourth-order valence-corrected chi connectivity index (χ4v) is 2.40. The van der Waals surface area contributed by atoms with Crippen molar-refractivity contribution in [3.05, 3.63) is 53.6 Å². The predicted octanol–water partition coefficient (Wildman–Crippen LogP) is 3.49. The number of benzene rings is 2. The summed E-state index contributed by atoms with van der Waals surface area (Å²) in [7, 11) is 3.18. The lowest BCUT2D eigenvalue weighted by Crippen LogP contribution is -2.37. The average Bonchev–Trinajstić information content (AvgIpc) is 2.65. The zero-order chi connectivity index (χ0) is 18.2. The minimum atomic E-state index is -0.525. The zero-order valence-corrected chi connectivity index (χ0v) is 15.2. The van der Waals surface area contributed by atoms with Crippen LogP contribution in [-0.4, -0.2) is 26.2 Å². The van der Waals surface area contributed by atoms with Crippen LogP contribution in [0.15, 0.2) is 42.5 Å². The quantitative estimate of drug-likeness (QED) is 0.797. The smallest absolute Gasteiger partial charge is 0.261 e. The van der Waals surface area contributed by atoms with Gasteiger partial charge in [0.2, 0.25) is 0 Å². The van der Waals surface area contributed by atoms with E-state index in [1.165, 1.54) is 0 Å². The number of hydrogen-bond donors (Lipinski definition) is 1. The summed E-state index contributed by atoms with van der Waals surface area (Å²) < 4.78 is 16.3. The van der Waals surface area contributed by atoms with Gasteiger partial charge in [0, 0.05) is 6.54 Å². The monoisotopic (exact) mass is 343 g/mol. The highest BCUT2D eigenvalue weighted by Gasteiger charge is 2.18. The van der Waals surface area contributed by atoms with E-state index in [9.17, 15) is 4.79 Å². The van der Waals surface area contributed by atoms with Gasteiger partial charge in [0.05, 0.1) is 14.2 Å². The maximum absolute atomic E-state index is 12.4. The molecule has 2 rings (SSSR count). The predicted molar refractivity (Wildman–Crippen MR) is 97.3 cm³/mol. The van der Waals surface area contributed by atoms with Gasteiger partial charge in [0.25, 0.3) is 5.91 Å². The van der Waals surface area contributed by atoms with Gasteiger partial charge in [-0.3, -0.25) is 4.79 Å². The second-order valence-electron chi connectivity index (χ2n) is 5.73. The van der Waals surface area contributed by atoms with Crippen LogP contribution in [-0.2, 0) is 11.3 Å². The molecular formula is C20H25NO4. The van der Waals surface area contributed by atoms with Crippen molar-refractivity contribution >= 4 is 5.91 Å². The van der Waals surface area contributed by atoms with Crippen LogP contribution in [0.25, 0.3) is 0 Å². The lowest BCUT2D eigenvalue weighted by atomic mass is 10.2. The van der Waals surface area contributed by atoms with E-state index in [1.807, 2.05) is 56.3 Å². The molecule has 0 fully saturated rings. The molecule has 0 unspecified atom stereocenters. The van der Waals surface area contributed by atoms with Crippen molar-refractivity contribution in [1.82, 2.24) is 5.32 Å². The number of nitrogens with one attached hydrogen (secondary N) is 1. The van der Waals surface area contributed by atoms with Gasteiger partial charge in [-0.2, -0.15) is 0 Å². The first kappa shape index (κ1) is 18.6. The number of amides is 1. The van der Waals surface area contributed by atoms with Gasteiger partial charge in [-0.05, 0) is 43.2 Å². The highest BCUT2D eigenvalue weighted by Crippen LogP contribution is 2.27. The molecule has 0 aliphatic heterocycles. The van der Waals surface area contributed by atoms with Gasteiger partial charge < -0.3 is 19.5 Å². The Morgan fingerprint density at radius 1 is 1.04 bits per heavy atom. The van der Waals surface area contributed by atoms with Crippen LogP contribution >= 0.6 is 0 Å². The van der Waals surface area contributed by atoms with Crippen LogP contribution in [0.3, 0.4) is 0 Å². The standard InChI is InChI=1S/C20H25NO4/c1-5-17(25-16-9-6-14(2)7-10-16)20(22)21-13-15-8-11-18(23-3)19(12-15)24-4/h6-12,17H,5,13H2,1-4H3,(H,21,22)/t17-/m1/s1. The topological polar surface area (TPSA) is 56.8 Å². The first-order chi connectivity index (χ1) is 12.1. The Labute approximate surface area is 148 Å². The fraction of sp³-hybridized carbons (Fsp3) is 0.350. The van der Waals surface area contributed by atoms with Gasteiger partial charge in [-0.1, -0.05) is 30.7 Å². The van der Waals surface area contributed by atoms with Gasteiger partial charge in [0.1, 0.15) is 5.75 Å². The molecule has 1 N–H and O–H groups in total. The van der Waals surface area contributed by atoms with Crippen LogP contribution in [0.1, 0.15) is 24.5 Å². The maximum atomic E-state index is 12.4. The van der Waals surface area contributed by atoms with E-state index in [0.717, 1.165) is 11.1 Å². The number of carbonyl (C=O) groups is 1. The molecule has 0 aliphatic carbocycles. The second kappa shape index (κ2) is 8.97. The minimum Gasteiger partial charge on any atom is -0.493 e. The molecule has 1 amide bonds. The van der Waals surface area contributed by atoms with E-state index >= 15 is 0 Å². The number of aryl methyl sites for hydroxylation is 1. The normalized spacial score (nSPS) is 11.5. The molecule has 0 bridgehead atoms. The van der Waals surface area contributed by atoms with Gasteiger partial charge in [-0.25, -0.2) is 0 Å². The second-order valence-corrected chi connectivity index (χ2v) is 5.73. The Hall–Kier alpha value is -2.69. The minimum absolute atomic E-state index is 0.141. The van der Waals surface area contributed by atoms with Crippen LogP contribution in [0.4, 0.5) is 0 Å². The molecule has 1 atom stereocenters. The van der Waals surface area contributed by atoms with Gasteiger partial charge in [0.15, 0.2) is 17.6 Å². The van der Waals surface area contributed by atoms with Gasteiger partial charge in [-0.15, -0.1) is 0 Å². The van der Waals surface area contributed by atoms with Crippen LogP contribution < -0.4 is 19.5 Å². The van der Waals surface area contributed by atoms with Crippen molar-refractivity contribution in [2.24, 2.45) is 0 Å². The summed E-state index contributed by atoms with van der Waals surface area (Å²) in [5.41, 5.74) is 2.08. The summed E-state index contributed by atoms with van der Waals surface area (Å²) in [6, 6.07) is 13.2. The van der Waals surface area contributed by atoms with Crippen molar-refractivity contribution in [2.45, 2.75) is 32.9 Å². The molecule has 5 heteroatoms. The SMILES string of the molecule is CC[C@@H](Oc1ccc(C)cc1)C(=O)NCc1ccc(OC)c(OC)c1. The Bertz CT molecular complexity index is 697. The molecule has 0 heterocycles. The number of rotatable bonds is 8. The molecular weight excluding hydrogens is 318 g/mol. The van der Waals surface area contributed by atoms with Crippen molar-refractivity contribution in [1.29, 1.82) is 0 Å². The summed E-state index contributed by atoms with van der Waals surface area (Å²) in [6.07, 6.45) is 0.0638. The van der Waals surface area contributed by atoms with Crippen LogP contribution in [0, 0.1) is 6.92 Å². The van der Waals surface area contributed by atoms with E-state index in [2.05, 4.69) is 5.32 Å². The molecule has 134 valence electrons. The molecule has 25 heavy (non-hydrogen) atoms. The lowest BCUT2D eigenvalue weighted by Gasteiger charge is -2.18. The van der Waals surface area contributed by atoms with Crippen molar-refractivity contribution in [2.75, 3.05) is 14.2 Å². The third-order valence-corrected chi connectivity index (χ3v) is 3.88. The van der Waals surface area contributed by atoms with E-state index in [0.29, 0.717) is 30.2 Å². The maximum Gasteiger partial charge on any atom is 0.261 e. The lowest BCUT2D eigenvalue weighted by molar-refractivity contribution is -0.128. The van der Waals surface area contributed by atoms with Gasteiger partial charge >= 0.3 is 0 Å². The third kappa shape index (κ3) is 5.14. The third-order valence-electron chi connectivity index (χ3n) is 3.88.